The maximum Gasteiger partial charge on any atom is 0.283 e. The highest BCUT2D eigenvalue weighted by Crippen LogP contribution is 2.29. The van der Waals surface area contributed by atoms with Crippen LogP contribution < -0.4 is 15.1 Å². The molecule has 0 bridgehead atoms. The van der Waals surface area contributed by atoms with E-state index in [1.807, 2.05) is 38.1 Å². The molecule has 0 aliphatic carbocycles. The predicted octanol–water partition coefficient (Wildman–Crippen LogP) is 1.85. The molecule has 2 heterocycles. The fourth-order valence-electron chi connectivity index (χ4n) is 1.98. The summed E-state index contributed by atoms with van der Waals surface area (Å²) in [4.78, 5) is 21.7. The molecule has 0 radical (unpaired) electrons. The molecule has 0 amide bonds. The Morgan fingerprint density at radius 3 is 2.70 bits per heavy atom. The third kappa shape index (κ3) is 2.30. The van der Waals surface area contributed by atoms with E-state index in [-0.39, 0.29) is 5.56 Å². The molecule has 20 heavy (non-hydrogen) atoms. The average molecular weight is 270 g/mol. The molecule has 1 aromatic carbocycles. The van der Waals surface area contributed by atoms with Crippen LogP contribution in [-0.2, 0) is 0 Å². The molecule has 2 aromatic rings. The van der Waals surface area contributed by atoms with Crippen LogP contribution in [0.5, 0.6) is 5.75 Å². The van der Waals surface area contributed by atoms with E-state index < -0.39 is 5.72 Å². The second-order valence-electron chi connectivity index (χ2n) is 4.92. The Morgan fingerprint density at radius 1 is 1.15 bits per heavy atom. The van der Waals surface area contributed by atoms with Gasteiger partial charge >= 0.3 is 0 Å². The number of rotatable bonds is 1. The zero-order chi connectivity index (χ0) is 14.2. The summed E-state index contributed by atoms with van der Waals surface area (Å²) in [5.41, 5.74) is -0.262. The van der Waals surface area contributed by atoms with Gasteiger partial charge in [-0.2, -0.15) is 0 Å². The lowest BCUT2D eigenvalue weighted by atomic mass is 10.1. The van der Waals surface area contributed by atoms with E-state index in [1.54, 1.807) is 18.3 Å². The van der Waals surface area contributed by atoms with Crippen molar-refractivity contribution in [3.63, 3.8) is 0 Å². The van der Waals surface area contributed by atoms with E-state index in [1.165, 1.54) is 6.07 Å². The van der Waals surface area contributed by atoms with Gasteiger partial charge in [-0.3, -0.25) is 4.79 Å². The minimum atomic E-state index is -0.734. The monoisotopic (exact) mass is 270 g/mol. The van der Waals surface area contributed by atoms with Crippen molar-refractivity contribution >= 4 is 5.90 Å². The van der Waals surface area contributed by atoms with Gasteiger partial charge in [-0.1, -0.05) is 18.2 Å². The number of pyridine rings is 1. The fraction of sp³-hybridized carbons (Fsp3) is 0.200. The van der Waals surface area contributed by atoms with Crippen LogP contribution in [0.25, 0.3) is 0 Å². The van der Waals surface area contributed by atoms with Crippen LogP contribution in [-0.4, -0.2) is 16.4 Å². The van der Waals surface area contributed by atoms with Crippen molar-refractivity contribution in [2.24, 2.45) is 4.99 Å². The summed E-state index contributed by atoms with van der Waals surface area (Å²) in [6, 6.07) is 12.3. The lowest BCUT2D eigenvalue weighted by molar-refractivity contribution is 0.106. The quantitative estimate of drug-likeness (QED) is 0.794. The van der Waals surface area contributed by atoms with E-state index in [4.69, 9.17) is 9.57 Å². The smallest absolute Gasteiger partial charge is 0.283 e. The number of benzene rings is 1. The number of aromatic nitrogens is 1. The van der Waals surface area contributed by atoms with Crippen LogP contribution >= 0.6 is 0 Å². The maximum atomic E-state index is 11.7. The Morgan fingerprint density at radius 2 is 1.90 bits per heavy atom. The standard InChI is InChI=1S/C15H14N2O3/c1-15(2)16-14(11-7-3-4-8-12(11)19-15)20-17-10-6-5-9-13(17)18/h3-10H,1-2H3. The SMILES string of the molecule is CC1(C)N=C(On2ccccc2=O)c2ccccc2O1. The molecular formula is C15H14N2O3. The summed E-state index contributed by atoms with van der Waals surface area (Å²) in [6.45, 7) is 3.67. The lowest BCUT2D eigenvalue weighted by Gasteiger charge is -2.29. The van der Waals surface area contributed by atoms with Gasteiger partial charge in [-0.15, -0.1) is 4.73 Å². The largest absolute Gasteiger partial charge is 0.466 e. The number of aliphatic imine (C=N–C) groups is 1. The molecule has 1 aliphatic heterocycles. The molecule has 5 heteroatoms. The third-order valence-corrected chi connectivity index (χ3v) is 2.82. The van der Waals surface area contributed by atoms with Crippen LogP contribution in [0, 0.1) is 0 Å². The number of nitrogens with zero attached hydrogens (tertiary/aromatic N) is 2. The molecule has 0 N–H and O–H groups in total. The van der Waals surface area contributed by atoms with Gasteiger partial charge in [0.05, 0.1) is 5.56 Å². The summed E-state index contributed by atoms with van der Waals surface area (Å²) in [7, 11) is 0. The Hall–Kier alpha value is -2.56. The Labute approximate surface area is 116 Å². The Balaban J connectivity index is 2.05. The zero-order valence-electron chi connectivity index (χ0n) is 11.2. The first kappa shape index (κ1) is 12.5. The molecule has 0 saturated heterocycles. The van der Waals surface area contributed by atoms with Crippen LogP contribution in [0.4, 0.5) is 0 Å². The molecular weight excluding hydrogens is 256 g/mol. The number of para-hydroxylation sites is 1. The summed E-state index contributed by atoms with van der Waals surface area (Å²) >= 11 is 0. The third-order valence-electron chi connectivity index (χ3n) is 2.82. The van der Waals surface area contributed by atoms with Crippen molar-refractivity contribution in [3.8, 4) is 5.75 Å². The second-order valence-corrected chi connectivity index (χ2v) is 4.92. The first-order valence-electron chi connectivity index (χ1n) is 6.29. The lowest BCUT2D eigenvalue weighted by Crippen LogP contribution is -2.38. The average Bonchev–Trinajstić information content (AvgIpc) is 2.40. The normalized spacial score (nSPS) is 15.8. The molecule has 1 aliphatic rings. The Bertz CT molecular complexity index is 732. The minimum absolute atomic E-state index is 0.253. The van der Waals surface area contributed by atoms with Gasteiger partial charge in [0.25, 0.3) is 11.5 Å². The number of ether oxygens (including phenoxy) is 1. The molecule has 3 rings (SSSR count). The van der Waals surface area contributed by atoms with Crippen LogP contribution in [0.1, 0.15) is 19.4 Å². The first-order valence-corrected chi connectivity index (χ1v) is 6.29. The van der Waals surface area contributed by atoms with Gasteiger partial charge < -0.3 is 9.57 Å². The number of hydrogen-bond acceptors (Lipinski definition) is 4. The van der Waals surface area contributed by atoms with E-state index in [9.17, 15) is 4.79 Å². The number of fused-ring (bicyclic) bond motifs is 1. The predicted molar refractivity (Wildman–Crippen MR) is 75.0 cm³/mol. The molecule has 0 spiro atoms. The van der Waals surface area contributed by atoms with E-state index in [0.29, 0.717) is 11.6 Å². The van der Waals surface area contributed by atoms with Crippen molar-refractivity contribution in [1.29, 1.82) is 0 Å². The second kappa shape index (κ2) is 4.52. The maximum absolute atomic E-state index is 11.7. The van der Waals surface area contributed by atoms with Crippen LogP contribution in [0.15, 0.2) is 58.4 Å². The summed E-state index contributed by atoms with van der Waals surface area (Å²) < 4.78 is 6.91. The highest BCUT2D eigenvalue weighted by Gasteiger charge is 2.29. The highest BCUT2D eigenvalue weighted by atomic mass is 16.7. The zero-order valence-corrected chi connectivity index (χ0v) is 11.2. The van der Waals surface area contributed by atoms with Crippen molar-refractivity contribution in [2.75, 3.05) is 0 Å². The van der Waals surface area contributed by atoms with Gasteiger partial charge in [-0.05, 0) is 32.0 Å². The van der Waals surface area contributed by atoms with Crippen molar-refractivity contribution in [2.45, 2.75) is 19.6 Å². The molecule has 1 aromatic heterocycles. The van der Waals surface area contributed by atoms with Gasteiger partial charge in [0.15, 0.2) is 5.72 Å². The fourth-order valence-corrected chi connectivity index (χ4v) is 1.98. The van der Waals surface area contributed by atoms with E-state index in [2.05, 4.69) is 4.99 Å². The number of hydrogen-bond donors (Lipinski definition) is 0. The van der Waals surface area contributed by atoms with Crippen LogP contribution in [0.2, 0.25) is 0 Å². The van der Waals surface area contributed by atoms with Gasteiger partial charge in [-0.25, -0.2) is 4.99 Å². The summed E-state index contributed by atoms with van der Waals surface area (Å²) in [6.07, 6.45) is 1.55. The Kier molecular flexibility index (Phi) is 2.82. The van der Waals surface area contributed by atoms with Crippen LogP contribution in [0.3, 0.4) is 0 Å². The van der Waals surface area contributed by atoms with E-state index >= 15 is 0 Å². The summed E-state index contributed by atoms with van der Waals surface area (Å²) in [5.74, 6) is 1.05. The molecule has 102 valence electrons. The molecule has 5 nitrogen and oxygen atoms in total. The van der Waals surface area contributed by atoms with Crippen molar-refractivity contribution in [1.82, 2.24) is 4.73 Å². The van der Waals surface area contributed by atoms with E-state index in [0.717, 1.165) is 10.3 Å². The molecule has 0 saturated carbocycles. The van der Waals surface area contributed by atoms with Gasteiger partial charge in [0.2, 0.25) is 0 Å². The topological polar surface area (TPSA) is 52.8 Å². The molecule has 0 unspecified atom stereocenters. The van der Waals surface area contributed by atoms with Gasteiger partial charge in [0, 0.05) is 12.3 Å². The molecule has 0 fully saturated rings. The highest BCUT2D eigenvalue weighted by molar-refractivity contribution is 5.98. The molecule has 0 atom stereocenters. The summed E-state index contributed by atoms with van der Waals surface area (Å²) in [5, 5.41) is 0. The minimum Gasteiger partial charge on any atom is -0.466 e. The van der Waals surface area contributed by atoms with Crippen molar-refractivity contribution < 1.29 is 9.57 Å². The van der Waals surface area contributed by atoms with Gasteiger partial charge in [0.1, 0.15) is 5.75 Å². The van der Waals surface area contributed by atoms with Crippen molar-refractivity contribution in [3.05, 3.63) is 64.6 Å². The first-order chi connectivity index (χ1) is 9.55.